The average molecular weight is 106 g/mol. The van der Waals surface area contributed by atoms with Crippen LogP contribution in [-0.4, -0.2) is 5.88 Å². The Balaban J connectivity index is 2.73. The zero-order valence-corrected chi connectivity index (χ0v) is 4.11. The van der Waals surface area contributed by atoms with Gasteiger partial charge in [0.05, 0.1) is 6.26 Å². The molecule has 0 saturated heterocycles. The largest absolute Gasteiger partial charge is 0.498 e. The van der Waals surface area contributed by atoms with Gasteiger partial charge in [0.25, 0.3) is 0 Å². The minimum absolute atomic E-state index is 0.482. The molecule has 0 N–H and O–H groups in total. The lowest BCUT2D eigenvalue weighted by atomic mass is 10.7. The maximum atomic E-state index is 5.19. The highest BCUT2D eigenvalue weighted by Crippen LogP contribution is 1.76. The van der Waals surface area contributed by atoms with Gasteiger partial charge in [-0.25, -0.2) is 0 Å². The van der Waals surface area contributed by atoms with Crippen LogP contribution in [0.4, 0.5) is 0 Å². The molecule has 2 heteroatoms. The molecule has 0 atom stereocenters. The summed E-state index contributed by atoms with van der Waals surface area (Å²) in [5, 5.41) is 0. The van der Waals surface area contributed by atoms with E-state index < -0.39 is 0 Å². The molecule has 0 saturated carbocycles. The molecule has 0 fully saturated rings. The fourth-order valence-electron chi connectivity index (χ4n) is 0.104. The summed E-state index contributed by atoms with van der Waals surface area (Å²) in [7, 11) is 3.08. The van der Waals surface area contributed by atoms with Gasteiger partial charge < -0.3 is 4.74 Å². The minimum Gasteiger partial charge on any atom is -0.498 e. The van der Waals surface area contributed by atoms with Gasteiger partial charge >= 0.3 is 0 Å². The summed E-state index contributed by atoms with van der Waals surface area (Å²) in [4.78, 5) is 0. The van der Waals surface area contributed by atoms with Crippen molar-refractivity contribution in [1.29, 1.82) is 0 Å². The SMILES string of the molecule is [CH2]OC=CCCl. The van der Waals surface area contributed by atoms with E-state index in [1.54, 1.807) is 6.08 Å². The molecule has 0 rings (SSSR count). The number of ether oxygens (including phenoxy) is 1. The Morgan fingerprint density at radius 1 is 1.83 bits per heavy atom. The lowest BCUT2D eigenvalue weighted by Gasteiger charge is -1.78. The summed E-state index contributed by atoms with van der Waals surface area (Å²) in [5.41, 5.74) is 0. The highest BCUT2D eigenvalue weighted by Gasteiger charge is 1.60. The van der Waals surface area contributed by atoms with E-state index in [9.17, 15) is 0 Å². The molecular formula is C4H6ClO. The van der Waals surface area contributed by atoms with Gasteiger partial charge in [-0.1, -0.05) is 0 Å². The van der Waals surface area contributed by atoms with Crippen molar-refractivity contribution in [3.8, 4) is 0 Å². The molecule has 0 heterocycles. The smallest absolute Gasteiger partial charge is 0.121 e. The maximum absolute atomic E-state index is 5.19. The quantitative estimate of drug-likeness (QED) is 0.383. The van der Waals surface area contributed by atoms with E-state index in [4.69, 9.17) is 11.6 Å². The first kappa shape index (κ1) is 5.83. The molecular weight excluding hydrogens is 99.5 g/mol. The summed E-state index contributed by atoms with van der Waals surface area (Å²) in [5.74, 6) is 0.482. The van der Waals surface area contributed by atoms with E-state index in [2.05, 4.69) is 11.8 Å². The Hall–Kier alpha value is -0.170. The van der Waals surface area contributed by atoms with Crippen molar-refractivity contribution < 1.29 is 4.74 Å². The third kappa shape index (κ3) is 3.83. The number of alkyl halides is 1. The van der Waals surface area contributed by atoms with Crippen LogP contribution in [0.2, 0.25) is 0 Å². The molecule has 1 nitrogen and oxygen atoms in total. The van der Waals surface area contributed by atoms with E-state index >= 15 is 0 Å². The molecule has 0 aliphatic rings. The number of hydrogen-bond donors (Lipinski definition) is 0. The summed E-state index contributed by atoms with van der Waals surface area (Å²) >= 11 is 5.19. The van der Waals surface area contributed by atoms with E-state index in [1.165, 1.54) is 6.26 Å². The van der Waals surface area contributed by atoms with E-state index in [-0.39, 0.29) is 0 Å². The van der Waals surface area contributed by atoms with Crippen LogP contribution in [-0.2, 0) is 4.74 Å². The molecule has 0 unspecified atom stereocenters. The van der Waals surface area contributed by atoms with Crippen molar-refractivity contribution >= 4 is 11.6 Å². The molecule has 35 valence electrons. The van der Waals surface area contributed by atoms with Crippen LogP contribution in [0.15, 0.2) is 12.3 Å². The van der Waals surface area contributed by atoms with Crippen molar-refractivity contribution in [2.24, 2.45) is 0 Å². The average Bonchev–Trinajstić information content (AvgIpc) is 1.61. The van der Waals surface area contributed by atoms with Gasteiger partial charge in [-0.3, -0.25) is 0 Å². The zero-order chi connectivity index (χ0) is 4.83. The van der Waals surface area contributed by atoms with Gasteiger partial charge in [0, 0.05) is 5.88 Å². The summed E-state index contributed by atoms with van der Waals surface area (Å²) in [6.07, 6.45) is 3.10. The number of hydrogen-bond acceptors (Lipinski definition) is 1. The third-order valence-corrected chi connectivity index (χ3v) is 0.460. The first-order valence-corrected chi connectivity index (χ1v) is 2.07. The standard InChI is InChI=1S/C4H6ClO/c1-6-4-2-3-5/h2,4H,1,3H2. The minimum atomic E-state index is 0.482. The summed E-state index contributed by atoms with van der Waals surface area (Å²) < 4.78 is 4.27. The molecule has 1 radical (unpaired) electrons. The molecule has 6 heavy (non-hydrogen) atoms. The lowest BCUT2D eigenvalue weighted by Crippen LogP contribution is -1.60. The van der Waals surface area contributed by atoms with Crippen LogP contribution in [0.5, 0.6) is 0 Å². The number of halogens is 1. The molecule has 0 aliphatic heterocycles. The van der Waals surface area contributed by atoms with Crippen molar-refractivity contribution in [3.63, 3.8) is 0 Å². The first-order chi connectivity index (χ1) is 2.91. The molecule has 0 aromatic carbocycles. The number of allylic oxidation sites excluding steroid dienone is 1. The fourth-order valence-corrected chi connectivity index (χ4v) is 0.177. The van der Waals surface area contributed by atoms with Gasteiger partial charge in [0.2, 0.25) is 0 Å². The zero-order valence-electron chi connectivity index (χ0n) is 3.36. The van der Waals surface area contributed by atoms with Crippen molar-refractivity contribution in [3.05, 3.63) is 19.4 Å². The normalized spacial score (nSPS) is 9.67. The van der Waals surface area contributed by atoms with Crippen LogP contribution in [0.1, 0.15) is 0 Å². The molecule has 0 bridgehead atoms. The Kier molecular flexibility index (Phi) is 4.69. The Labute approximate surface area is 42.6 Å². The second-order valence-electron chi connectivity index (χ2n) is 0.693. The van der Waals surface area contributed by atoms with Crippen molar-refractivity contribution in [2.45, 2.75) is 0 Å². The molecule has 0 aliphatic carbocycles. The van der Waals surface area contributed by atoms with Gasteiger partial charge in [-0.15, -0.1) is 11.6 Å². The van der Waals surface area contributed by atoms with Crippen LogP contribution < -0.4 is 0 Å². The van der Waals surface area contributed by atoms with Crippen molar-refractivity contribution in [1.82, 2.24) is 0 Å². The van der Waals surface area contributed by atoms with Gasteiger partial charge in [0.15, 0.2) is 0 Å². The molecule has 0 amide bonds. The first-order valence-electron chi connectivity index (χ1n) is 1.53. The topological polar surface area (TPSA) is 9.23 Å². The van der Waals surface area contributed by atoms with E-state index in [0.717, 1.165) is 0 Å². The predicted octanol–water partition coefficient (Wildman–Crippen LogP) is 1.55. The van der Waals surface area contributed by atoms with Crippen LogP contribution in [0.25, 0.3) is 0 Å². The summed E-state index contributed by atoms with van der Waals surface area (Å²) in [6.45, 7) is 0. The highest BCUT2D eigenvalue weighted by atomic mass is 35.5. The Morgan fingerprint density at radius 2 is 2.50 bits per heavy atom. The fraction of sp³-hybridized carbons (Fsp3) is 0.250. The third-order valence-electron chi connectivity index (χ3n) is 0.282. The maximum Gasteiger partial charge on any atom is 0.121 e. The summed E-state index contributed by atoms with van der Waals surface area (Å²) in [6, 6.07) is 0. The van der Waals surface area contributed by atoms with Crippen molar-refractivity contribution in [2.75, 3.05) is 5.88 Å². The van der Waals surface area contributed by atoms with E-state index in [0.29, 0.717) is 5.88 Å². The lowest BCUT2D eigenvalue weighted by molar-refractivity contribution is 0.393. The molecule has 0 spiro atoms. The van der Waals surface area contributed by atoms with Gasteiger partial charge in [-0.2, -0.15) is 0 Å². The van der Waals surface area contributed by atoms with Gasteiger partial charge in [0.1, 0.15) is 7.11 Å². The number of rotatable bonds is 2. The Morgan fingerprint density at radius 3 is 2.67 bits per heavy atom. The molecule has 0 aromatic heterocycles. The second kappa shape index (κ2) is 4.83. The van der Waals surface area contributed by atoms with Crippen LogP contribution >= 0.6 is 11.6 Å². The Bertz CT molecular complexity index is 36.8. The predicted molar refractivity (Wildman–Crippen MR) is 26.3 cm³/mol. The highest BCUT2D eigenvalue weighted by molar-refractivity contribution is 6.18. The van der Waals surface area contributed by atoms with Crippen LogP contribution in [0, 0.1) is 7.11 Å². The molecule has 0 aromatic rings. The monoisotopic (exact) mass is 105 g/mol. The second-order valence-corrected chi connectivity index (χ2v) is 1.00. The van der Waals surface area contributed by atoms with Crippen LogP contribution in [0.3, 0.4) is 0 Å². The van der Waals surface area contributed by atoms with E-state index in [1.807, 2.05) is 0 Å². The van der Waals surface area contributed by atoms with Gasteiger partial charge in [-0.05, 0) is 6.08 Å².